The van der Waals surface area contributed by atoms with Crippen molar-refractivity contribution in [2.75, 3.05) is 13.7 Å². The molecule has 0 aliphatic heterocycles. The second-order valence-corrected chi connectivity index (χ2v) is 7.56. The first kappa shape index (κ1) is 22.1. The molecular weight excluding hydrogens is 422 g/mol. The molecule has 168 valence electrons. The van der Waals surface area contributed by atoms with Crippen molar-refractivity contribution in [2.45, 2.75) is 20.8 Å². The average molecular weight is 445 g/mol. The number of nitro benzene ring substituents is 1. The van der Waals surface area contributed by atoms with Gasteiger partial charge in [-0.3, -0.25) is 14.9 Å². The van der Waals surface area contributed by atoms with E-state index < -0.39 is 4.92 Å². The lowest BCUT2D eigenvalue weighted by atomic mass is 9.95. The smallest absolute Gasteiger partial charge is 0.269 e. The van der Waals surface area contributed by atoms with Crippen molar-refractivity contribution in [1.82, 2.24) is 0 Å². The summed E-state index contributed by atoms with van der Waals surface area (Å²) in [6.07, 6.45) is 0. The molecule has 1 aromatic heterocycles. The van der Waals surface area contributed by atoms with Crippen LogP contribution in [0, 0.1) is 24.0 Å². The number of fused-ring (bicyclic) bond motifs is 1. The predicted octanol–water partition coefficient (Wildman–Crippen LogP) is 6.06. The fraction of sp³-hybridized carbons (Fsp3) is 0.192. The summed E-state index contributed by atoms with van der Waals surface area (Å²) >= 11 is 0. The van der Waals surface area contributed by atoms with Gasteiger partial charge in [-0.2, -0.15) is 0 Å². The largest absolute Gasteiger partial charge is 0.497 e. The lowest BCUT2D eigenvalue weighted by Crippen LogP contribution is -2.04. The number of nitrogens with zero attached hydrogens (tertiary/aromatic N) is 1. The number of hydrogen-bond acceptors (Lipinski definition) is 6. The van der Waals surface area contributed by atoms with Crippen LogP contribution in [0.4, 0.5) is 5.69 Å². The van der Waals surface area contributed by atoms with Gasteiger partial charge in [-0.15, -0.1) is 0 Å². The molecular formula is C26H23NO6. The van der Waals surface area contributed by atoms with Gasteiger partial charge in [-0.1, -0.05) is 12.1 Å². The Morgan fingerprint density at radius 3 is 2.12 bits per heavy atom. The van der Waals surface area contributed by atoms with E-state index in [4.69, 9.17) is 13.9 Å². The van der Waals surface area contributed by atoms with Crippen LogP contribution in [0.25, 0.3) is 33.0 Å². The fourth-order valence-corrected chi connectivity index (χ4v) is 4.08. The van der Waals surface area contributed by atoms with Gasteiger partial charge in [0.25, 0.3) is 5.69 Å². The van der Waals surface area contributed by atoms with Crippen molar-refractivity contribution in [3.8, 4) is 33.8 Å². The molecule has 0 N–H and O–H groups in total. The Bertz CT molecular complexity index is 1400. The molecule has 0 bridgehead atoms. The summed E-state index contributed by atoms with van der Waals surface area (Å²) in [4.78, 5) is 24.7. The molecule has 0 saturated carbocycles. The van der Waals surface area contributed by atoms with Crippen molar-refractivity contribution in [2.24, 2.45) is 0 Å². The third-order valence-corrected chi connectivity index (χ3v) is 5.57. The Morgan fingerprint density at radius 1 is 0.939 bits per heavy atom. The van der Waals surface area contributed by atoms with Gasteiger partial charge in [0.1, 0.15) is 23.0 Å². The van der Waals surface area contributed by atoms with Crippen molar-refractivity contribution in [1.29, 1.82) is 0 Å². The first-order valence-corrected chi connectivity index (χ1v) is 10.5. The third kappa shape index (κ3) is 3.93. The van der Waals surface area contributed by atoms with Crippen LogP contribution in [0.3, 0.4) is 0 Å². The highest BCUT2D eigenvalue weighted by molar-refractivity contribution is 5.98. The minimum absolute atomic E-state index is 0.0482. The fourth-order valence-electron chi connectivity index (χ4n) is 4.08. The van der Waals surface area contributed by atoms with Crippen LogP contribution in [-0.4, -0.2) is 18.6 Å². The van der Waals surface area contributed by atoms with E-state index in [0.29, 0.717) is 57.1 Å². The quantitative estimate of drug-likeness (QED) is 0.265. The van der Waals surface area contributed by atoms with Gasteiger partial charge in [0, 0.05) is 17.7 Å². The van der Waals surface area contributed by atoms with Crippen LogP contribution >= 0.6 is 0 Å². The maximum Gasteiger partial charge on any atom is 0.269 e. The number of benzene rings is 2. The monoisotopic (exact) mass is 445 g/mol. The number of ether oxygens (including phenoxy) is 2. The van der Waals surface area contributed by atoms with Crippen LogP contribution in [0.15, 0.2) is 63.8 Å². The number of rotatable bonds is 6. The number of aryl methyl sites for hydroxylation is 2. The molecule has 7 nitrogen and oxygen atoms in total. The van der Waals surface area contributed by atoms with Crippen molar-refractivity contribution in [3.05, 3.63) is 86.5 Å². The molecule has 0 radical (unpaired) electrons. The van der Waals surface area contributed by atoms with Crippen LogP contribution in [0.2, 0.25) is 0 Å². The maximum atomic E-state index is 14.0. The van der Waals surface area contributed by atoms with E-state index in [1.165, 1.54) is 12.1 Å². The molecule has 7 heteroatoms. The van der Waals surface area contributed by atoms with Gasteiger partial charge in [-0.05, 0) is 67.8 Å². The van der Waals surface area contributed by atoms with Gasteiger partial charge >= 0.3 is 0 Å². The zero-order chi connectivity index (χ0) is 23.7. The Labute approximate surface area is 190 Å². The van der Waals surface area contributed by atoms with Gasteiger partial charge in [0.15, 0.2) is 5.43 Å². The summed E-state index contributed by atoms with van der Waals surface area (Å²) < 4.78 is 17.0. The average Bonchev–Trinajstić information content (AvgIpc) is 3.04. The molecule has 0 unspecified atom stereocenters. The number of non-ortho nitro benzene ring substituents is 1. The van der Waals surface area contributed by atoms with Crippen molar-refractivity contribution < 1.29 is 18.8 Å². The Balaban J connectivity index is 2.15. The Morgan fingerprint density at radius 2 is 1.55 bits per heavy atom. The van der Waals surface area contributed by atoms with Gasteiger partial charge in [0.05, 0.1) is 29.4 Å². The molecule has 0 aliphatic carbocycles. The summed E-state index contributed by atoms with van der Waals surface area (Å²) in [5, 5.41) is 12.2. The number of nitro groups is 1. The van der Waals surface area contributed by atoms with Crippen LogP contribution in [-0.2, 0) is 0 Å². The van der Waals surface area contributed by atoms with E-state index in [1.807, 2.05) is 37.3 Å². The predicted molar refractivity (Wildman–Crippen MR) is 127 cm³/mol. The second-order valence-electron chi connectivity index (χ2n) is 7.56. The van der Waals surface area contributed by atoms with E-state index in [9.17, 15) is 14.9 Å². The Kier molecular flexibility index (Phi) is 5.87. The molecule has 3 aromatic carbocycles. The zero-order valence-electron chi connectivity index (χ0n) is 18.8. The first-order valence-electron chi connectivity index (χ1n) is 10.5. The molecule has 0 saturated heterocycles. The summed E-state index contributed by atoms with van der Waals surface area (Å²) in [6, 6.07) is 15.2. The zero-order valence-corrected chi connectivity index (χ0v) is 18.8. The minimum Gasteiger partial charge on any atom is -0.497 e. The van der Waals surface area contributed by atoms with Gasteiger partial charge in [0.2, 0.25) is 0 Å². The molecule has 0 fully saturated rings. The number of methoxy groups -OCH3 is 1. The van der Waals surface area contributed by atoms with Crippen molar-refractivity contribution >= 4 is 16.5 Å². The van der Waals surface area contributed by atoms with E-state index in [2.05, 4.69) is 0 Å². The van der Waals surface area contributed by atoms with Gasteiger partial charge < -0.3 is 13.9 Å². The molecule has 4 rings (SSSR count). The standard InChI is InChI=1S/C26H23NO6/c1-5-32-22-14-21(17-8-12-20(31-4)13-9-17)25(18-6-10-19(11-7-18)27(29)30)26(28)24-16(3)33-15(2)23(22)24/h6-14H,5H2,1-4H3. The summed E-state index contributed by atoms with van der Waals surface area (Å²) in [7, 11) is 1.59. The topological polar surface area (TPSA) is 91.8 Å². The highest BCUT2D eigenvalue weighted by atomic mass is 16.6. The molecule has 0 amide bonds. The van der Waals surface area contributed by atoms with E-state index in [1.54, 1.807) is 33.1 Å². The summed E-state index contributed by atoms with van der Waals surface area (Å²) in [5.74, 6) is 2.31. The highest BCUT2D eigenvalue weighted by Gasteiger charge is 2.22. The third-order valence-electron chi connectivity index (χ3n) is 5.57. The molecule has 1 heterocycles. The van der Waals surface area contributed by atoms with E-state index in [0.717, 1.165) is 5.56 Å². The van der Waals surface area contributed by atoms with E-state index in [-0.39, 0.29) is 11.1 Å². The van der Waals surface area contributed by atoms with Gasteiger partial charge in [-0.25, -0.2) is 0 Å². The highest BCUT2D eigenvalue weighted by Crippen LogP contribution is 2.39. The molecule has 0 atom stereocenters. The van der Waals surface area contributed by atoms with Crippen molar-refractivity contribution in [3.63, 3.8) is 0 Å². The molecule has 0 aliphatic rings. The number of hydrogen-bond donors (Lipinski definition) is 0. The van der Waals surface area contributed by atoms with Crippen LogP contribution < -0.4 is 14.9 Å². The van der Waals surface area contributed by atoms with Crippen LogP contribution in [0.5, 0.6) is 11.5 Å². The molecule has 4 aromatic rings. The molecule has 0 spiro atoms. The molecule has 33 heavy (non-hydrogen) atoms. The maximum absolute atomic E-state index is 14.0. The first-order chi connectivity index (χ1) is 15.8. The second kappa shape index (κ2) is 8.78. The summed E-state index contributed by atoms with van der Waals surface area (Å²) in [6.45, 7) is 5.84. The Hall–Kier alpha value is -4.13. The lowest BCUT2D eigenvalue weighted by molar-refractivity contribution is -0.384. The SMILES string of the molecule is CCOc1cc(-c2ccc(OC)cc2)c(-c2ccc([N+](=O)[O-])cc2)c(=O)c2c(C)oc(C)c12. The number of furan rings is 1. The minimum atomic E-state index is -0.466. The lowest BCUT2D eigenvalue weighted by Gasteiger charge is -2.09. The van der Waals surface area contributed by atoms with Crippen LogP contribution in [0.1, 0.15) is 18.4 Å². The normalized spacial score (nSPS) is 10.9. The summed E-state index contributed by atoms with van der Waals surface area (Å²) in [5.41, 5.74) is 2.13. The van der Waals surface area contributed by atoms with E-state index >= 15 is 0 Å².